The van der Waals surface area contributed by atoms with Crippen molar-refractivity contribution < 1.29 is 9.59 Å². The number of hydrogen-bond donors (Lipinski definition) is 1. The van der Waals surface area contributed by atoms with E-state index in [-0.39, 0.29) is 17.2 Å². The summed E-state index contributed by atoms with van der Waals surface area (Å²) in [4.78, 5) is 24.7. The minimum Gasteiger partial charge on any atom is -0.326 e. The molecule has 1 N–H and O–H groups in total. The molecular weight excluding hydrogens is 260 g/mol. The minimum absolute atomic E-state index is 0.0780. The van der Waals surface area contributed by atoms with E-state index in [0.29, 0.717) is 5.75 Å². The molecule has 5 heteroatoms. The molecule has 0 saturated carbocycles. The molecule has 102 valence electrons. The summed E-state index contributed by atoms with van der Waals surface area (Å²) in [6.45, 7) is 4.36. The Morgan fingerprint density at radius 2 is 2.11 bits per heavy atom. The molecule has 1 atom stereocenters. The number of benzene rings is 1. The fraction of sp³-hybridized carbons (Fsp3) is 0.429. The number of anilines is 1. The van der Waals surface area contributed by atoms with Gasteiger partial charge in [-0.2, -0.15) is 0 Å². The molecule has 1 aromatic rings. The lowest BCUT2D eigenvalue weighted by Crippen LogP contribution is -2.28. The predicted molar refractivity (Wildman–Crippen MR) is 77.9 cm³/mol. The molecule has 2 rings (SSSR count). The van der Waals surface area contributed by atoms with Crippen LogP contribution < -0.4 is 5.32 Å². The monoisotopic (exact) mass is 278 g/mol. The normalized spacial score (nSPS) is 18.7. The number of nitrogens with one attached hydrogen (secondary N) is 1. The van der Waals surface area contributed by atoms with E-state index < -0.39 is 0 Å². The maximum atomic E-state index is 11.8. The van der Waals surface area contributed by atoms with E-state index in [1.807, 2.05) is 29.2 Å². The number of amides is 2. The molecule has 1 heterocycles. The highest BCUT2D eigenvalue weighted by atomic mass is 32.2. The van der Waals surface area contributed by atoms with Crippen LogP contribution in [0, 0.1) is 0 Å². The van der Waals surface area contributed by atoms with Gasteiger partial charge in [0.15, 0.2) is 0 Å². The lowest BCUT2D eigenvalue weighted by Gasteiger charge is -2.23. The zero-order valence-electron chi connectivity index (χ0n) is 11.2. The van der Waals surface area contributed by atoms with Gasteiger partial charge in [-0.1, -0.05) is 19.1 Å². The smallest absolute Gasteiger partial charge is 0.233 e. The second-order valence-electron chi connectivity index (χ2n) is 4.55. The third-order valence-electron chi connectivity index (χ3n) is 2.95. The molecule has 1 unspecified atom stereocenters. The quantitative estimate of drug-likeness (QED) is 0.921. The van der Waals surface area contributed by atoms with E-state index in [1.165, 1.54) is 6.92 Å². The summed E-state index contributed by atoms with van der Waals surface area (Å²) in [5.41, 5.74) is 1.89. The van der Waals surface area contributed by atoms with Crippen molar-refractivity contribution in [3.63, 3.8) is 0 Å². The molecule has 2 amide bonds. The molecule has 0 spiro atoms. The predicted octanol–water partition coefficient (Wildman–Crippen LogP) is 2.63. The van der Waals surface area contributed by atoms with Gasteiger partial charge in [0.05, 0.1) is 5.75 Å². The number of rotatable bonds is 4. The van der Waals surface area contributed by atoms with Crippen LogP contribution in [0.2, 0.25) is 0 Å². The van der Waals surface area contributed by atoms with Crippen LogP contribution in [0.15, 0.2) is 24.3 Å². The van der Waals surface area contributed by atoms with Crippen molar-refractivity contribution in [2.45, 2.75) is 25.6 Å². The Labute approximate surface area is 117 Å². The van der Waals surface area contributed by atoms with Gasteiger partial charge in [-0.3, -0.25) is 9.59 Å². The summed E-state index contributed by atoms with van der Waals surface area (Å²) in [6, 6.07) is 7.71. The van der Waals surface area contributed by atoms with Crippen molar-refractivity contribution in [2.75, 3.05) is 17.6 Å². The molecule has 1 saturated heterocycles. The summed E-state index contributed by atoms with van der Waals surface area (Å²) in [6.07, 6.45) is 0.965. The van der Waals surface area contributed by atoms with Crippen LogP contribution in [0.4, 0.5) is 5.69 Å². The molecule has 0 aromatic heterocycles. The van der Waals surface area contributed by atoms with Crippen molar-refractivity contribution >= 4 is 29.3 Å². The highest BCUT2D eigenvalue weighted by molar-refractivity contribution is 8.00. The average molecular weight is 278 g/mol. The van der Waals surface area contributed by atoms with Gasteiger partial charge in [0.2, 0.25) is 11.8 Å². The first kappa shape index (κ1) is 13.9. The van der Waals surface area contributed by atoms with E-state index in [0.717, 1.165) is 24.2 Å². The molecule has 1 aliphatic heterocycles. The lowest BCUT2D eigenvalue weighted by molar-refractivity contribution is -0.128. The van der Waals surface area contributed by atoms with Gasteiger partial charge in [0.1, 0.15) is 5.37 Å². The summed E-state index contributed by atoms with van der Waals surface area (Å²) in [5, 5.41) is 2.85. The van der Waals surface area contributed by atoms with Crippen LogP contribution in [0.25, 0.3) is 0 Å². The van der Waals surface area contributed by atoms with Crippen LogP contribution in [-0.4, -0.2) is 29.0 Å². The third-order valence-corrected chi connectivity index (χ3v) is 4.20. The Kier molecular flexibility index (Phi) is 4.47. The Morgan fingerprint density at radius 3 is 2.68 bits per heavy atom. The molecule has 19 heavy (non-hydrogen) atoms. The largest absolute Gasteiger partial charge is 0.326 e. The van der Waals surface area contributed by atoms with Crippen LogP contribution in [0.5, 0.6) is 0 Å². The standard InChI is InChI=1S/C14H18N2O2S/c1-3-8-16-13(18)9-19-14(16)11-4-6-12(7-5-11)15-10(2)17/h4-7,14H,3,8-9H2,1-2H3,(H,15,17). The number of nitrogens with zero attached hydrogens (tertiary/aromatic N) is 1. The van der Waals surface area contributed by atoms with Gasteiger partial charge in [-0.15, -0.1) is 11.8 Å². The lowest BCUT2D eigenvalue weighted by atomic mass is 10.2. The van der Waals surface area contributed by atoms with Gasteiger partial charge < -0.3 is 10.2 Å². The van der Waals surface area contributed by atoms with Crippen molar-refractivity contribution in [1.29, 1.82) is 0 Å². The fourth-order valence-electron chi connectivity index (χ4n) is 2.15. The Bertz CT molecular complexity index is 473. The van der Waals surface area contributed by atoms with Gasteiger partial charge in [0.25, 0.3) is 0 Å². The van der Waals surface area contributed by atoms with Crippen LogP contribution in [-0.2, 0) is 9.59 Å². The van der Waals surface area contributed by atoms with Crippen LogP contribution in [0.3, 0.4) is 0 Å². The number of carbonyl (C=O) groups excluding carboxylic acids is 2. The molecule has 1 aromatic carbocycles. The van der Waals surface area contributed by atoms with E-state index in [1.54, 1.807) is 11.8 Å². The Balaban J connectivity index is 2.13. The van der Waals surface area contributed by atoms with Crippen LogP contribution in [0.1, 0.15) is 31.2 Å². The highest BCUT2D eigenvalue weighted by Crippen LogP contribution is 2.38. The summed E-state index contributed by atoms with van der Waals surface area (Å²) < 4.78 is 0. The second kappa shape index (κ2) is 6.10. The minimum atomic E-state index is -0.0780. The van der Waals surface area contributed by atoms with E-state index in [9.17, 15) is 9.59 Å². The second-order valence-corrected chi connectivity index (χ2v) is 5.62. The van der Waals surface area contributed by atoms with E-state index in [4.69, 9.17) is 0 Å². The zero-order chi connectivity index (χ0) is 13.8. The van der Waals surface area contributed by atoms with Gasteiger partial charge in [-0.25, -0.2) is 0 Å². The number of carbonyl (C=O) groups is 2. The first-order valence-electron chi connectivity index (χ1n) is 6.40. The summed E-state index contributed by atoms with van der Waals surface area (Å²) >= 11 is 1.66. The van der Waals surface area contributed by atoms with Crippen molar-refractivity contribution in [2.24, 2.45) is 0 Å². The first-order valence-corrected chi connectivity index (χ1v) is 7.45. The Morgan fingerprint density at radius 1 is 1.42 bits per heavy atom. The average Bonchev–Trinajstić information content (AvgIpc) is 2.72. The van der Waals surface area contributed by atoms with Crippen LogP contribution >= 0.6 is 11.8 Å². The summed E-state index contributed by atoms with van der Waals surface area (Å²) in [7, 11) is 0. The van der Waals surface area contributed by atoms with Gasteiger partial charge in [-0.05, 0) is 24.1 Å². The molecule has 0 aliphatic carbocycles. The van der Waals surface area contributed by atoms with Crippen molar-refractivity contribution in [1.82, 2.24) is 4.90 Å². The molecule has 1 fully saturated rings. The molecule has 0 bridgehead atoms. The summed E-state index contributed by atoms with van der Waals surface area (Å²) in [5.74, 6) is 0.687. The first-order chi connectivity index (χ1) is 9.11. The van der Waals surface area contributed by atoms with Gasteiger partial charge >= 0.3 is 0 Å². The molecule has 0 radical (unpaired) electrons. The zero-order valence-corrected chi connectivity index (χ0v) is 12.0. The van der Waals surface area contributed by atoms with E-state index in [2.05, 4.69) is 12.2 Å². The van der Waals surface area contributed by atoms with E-state index >= 15 is 0 Å². The van der Waals surface area contributed by atoms with Crippen molar-refractivity contribution in [3.05, 3.63) is 29.8 Å². The maximum absolute atomic E-state index is 11.8. The topological polar surface area (TPSA) is 49.4 Å². The number of thioether (sulfide) groups is 1. The maximum Gasteiger partial charge on any atom is 0.233 e. The van der Waals surface area contributed by atoms with Crippen molar-refractivity contribution in [3.8, 4) is 0 Å². The number of hydrogen-bond acceptors (Lipinski definition) is 3. The Hall–Kier alpha value is -1.49. The highest BCUT2D eigenvalue weighted by Gasteiger charge is 2.31. The SMILES string of the molecule is CCCN1C(=O)CSC1c1ccc(NC(C)=O)cc1. The molecular formula is C14H18N2O2S. The fourth-order valence-corrected chi connectivity index (χ4v) is 3.37. The van der Waals surface area contributed by atoms with Gasteiger partial charge in [0, 0.05) is 19.2 Å². The molecule has 4 nitrogen and oxygen atoms in total. The molecule has 1 aliphatic rings. The third kappa shape index (κ3) is 3.29.